The van der Waals surface area contributed by atoms with Crippen molar-refractivity contribution in [3.8, 4) is 10.6 Å². The van der Waals surface area contributed by atoms with Crippen LogP contribution in [0.4, 0.5) is 0 Å². The number of amides is 1. The van der Waals surface area contributed by atoms with Crippen molar-refractivity contribution in [2.45, 2.75) is 27.3 Å². The summed E-state index contributed by atoms with van der Waals surface area (Å²) in [6.07, 6.45) is 1.52. The van der Waals surface area contributed by atoms with Crippen LogP contribution in [0, 0.1) is 20.8 Å². The molecule has 0 aliphatic rings. The molecule has 3 rings (SSSR count). The van der Waals surface area contributed by atoms with Crippen LogP contribution >= 0.6 is 11.3 Å². The van der Waals surface area contributed by atoms with Crippen LogP contribution in [0.25, 0.3) is 10.6 Å². The highest BCUT2D eigenvalue weighted by Gasteiger charge is 2.16. The van der Waals surface area contributed by atoms with E-state index in [1.165, 1.54) is 22.2 Å². The molecule has 1 amide bonds. The number of nitrogens with zero attached hydrogens (tertiary/aromatic N) is 3. The minimum absolute atomic E-state index is 0.0768. The second-order valence-corrected chi connectivity index (χ2v) is 7.01. The summed E-state index contributed by atoms with van der Waals surface area (Å²) >= 11 is 1.37. The second kappa shape index (κ2) is 7.61. The number of aromatic nitrogens is 3. The lowest BCUT2D eigenvalue weighted by atomic mass is 10.2. The molecule has 0 aliphatic carbocycles. The molecule has 0 saturated heterocycles. The lowest BCUT2D eigenvalue weighted by Crippen LogP contribution is -2.32. The molecule has 1 aromatic carbocycles. The van der Waals surface area contributed by atoms with Crippen LogP contribution in [0.3, 0.4) is 0 Å². The Morgan fingerprint density at radius 2 is 1.88 bits per heavy atom. The van der Waals surface area contributed by atoms with E-state index in [0.717, 1.165) is 16.3 Å². The summed E-state index contributed by atoms with van der Waals surface area (Å²) in [4.78, 5) is 33.9. The summed E-state index contributed by atoms with van der Waals surface area (Å²) in [6.45, 7) is 6.11. The maximum atomic E-state index is 12.5. The van der Waals surface area contributed by atoms with Crippen LogP contribution < -0.4 is 10.9 Å². The van der Waals surface area contributed by atoms with Crippen molar-refractivity contribution < 1.29 is 4.79 Å². The molecule has 7 heteroatoms. The third-order valence-corrected chi connectivity index (χ3v) is 5.38. The van der Waals surface area contributed by atoms with E-state index in [1.807, 2.05) is 37.3 Å². The highest BCUT2D eigenvalue weighted by atomic mass is 32.1. The molecule has 0 bridgehead atoms. The van der Waals surface area contributed by atoms with Crippen LogP contribution in [0.5, 0.6) is 0 Å². The molecule has 0 saturated carbocycles. The van der Waals surface area contributed by atoms with Gasteiger partial charge in [0.2, 0.25) is 0 Å². The fourth-order valence-corrected chi connectivity index (χ4v) is 3.50. The average Bonchev–Trinajstić information content (AvgIpc) is 3.04. The summed E-state index contributed by atoms with van der Waals surface area (Å²) < 4.78 is 1.51. The monoisotopic (exact) mass is 368 g/mol. The maximum Gasteiger partial charge on any atom is 0.263 e. The minimum Gasteiger partial charge on any atom is -0.349 e. The minimum atomic E-state index is -0.174. The molecule has 1 N–H and O–H groups in total. The van der Waals surface area contributed by atoms with Crippen molar-refractivity contribution in [2.75, 3.05) is 6.54 Å². The SMILES string of the molecule is Cc1nc(-c2ccccc2)sc1C(=O)NCCn1cnc(C)c(C)c1=O. The Balaban J connectivity index is 1.67. The van der Waals surface area contributed by atoms with E-state index in [0.29, 0.717) is 29.2 Å². The molecule has 2 heterocycles. The van der Waals surface area contributed by atoms with Gasteiger partial charge in [0.25, 0.3) is 11.5 Å². The fourth-order valence-electron chi connectivity index (χ4n) is 2.52. The molecule has 0 atom stereocenters. The molecule has 134 valence electrons. The topological polar surface area (TPSA) is 76.9 Å². The lowest BCUT2D eigenvalue weighted by Gasteiger charge is -2.08. The average molecular weight is 368 g/mol. The Bertz CT molecular complexity index is 993. The van der Waals surface area contributed by atoms with Gasteiger partial charge >= 0.3 is 0 Å². The van der Waals surface area contributed by atoms with Gasteiger partial charge in [-0.05, 0) is 20.8 Å². The first-order chi connectivity index (χ1) is 12.5. The Labute approximate surface area is 155 Å². The van der Waals surface area contributed by atoms with E-state index >= 15 is 0 Å². The number of rotatable bonds is 5. The second-order valence-electron chi connectivity index (χ2n) is 6.01. The first-order valence-corrected chi connectivity index (χ1v) is 9.12. The molecule has 26 heavy (non-hydrogen) atoms. The van der Waals surface area contributed by atoms with Gasteiger partial charge in [0.05, 0.1) is 12.0 Å². The number of aryl methyl sites for hydroxylation is 2. The van der Waals surface area contributed by atoms with E-state index in [-0.39, 0.29) is 11.5 Å². The van der Waals surface area contributed by atoms with Crippen LogP contribution in [-0.4, -0.2) is 27.0 Å². The van der Waals surface area contributed by atoms with Crippen molar-refractivity contribution >= 4 is 17.2 Å². The first-order valence-electron chi connectivity index (χ1n) is 8.31. The molecule has 6 nitrogen and oxygen atoms in total. The van der Waals surface area contributed by atoms with Crippen molar-refractivity contribution in [3.05, 3.63) is 68.8 Å². The number of carbonyl (C=O) groups is 1. The normalized spacial score (nSPS) is 10.7. The standard InChI is InChI=1S/C19H20N4O2S/c1-12-13(2)21-11-23(19(12)25)10-9-20-17(24)16-14(3)22-18(26-16)15-7-5-4-6-8-15/h4-8,11H,9-10H2,1-3H3,(H,20,24). The number of carbonyl (C=O) groups excluding carboxylic acids is 1. The zero-order valence-electron chi connectivity index (χ0n) is 14.9. The van der Waals surface area contributed by atoms with E-state index in [9.17, 15) is 9.59 Å². The van der Waals surface area contributed by atoms with Gasteiger partial charge in [0.15, 0.2) is 0 Å². The highest BCUT2D eigenvalue weighted by Crippen LogP contribution is 2.27. The zero-order valence-corrected chi connectivity index (χ0v) is 15.8. The van der Waals surface area contributed by atoms with Crippen LogP contribution in [0.2, 0.25) is 0 Å². The number of hydrogen-bond acceptors (Lipinski definition) is 5. The van der Waals surface area contributed by atoms with Gasteiger partial charge in [-0.1, -0.05) is 30.3 Å². The first kappa shape index (κ1) is 18.0. The molecule has 0 spiro atoms. The van der Waals surface area contributed by atoms with Crippen molar-refractivity contribution in [2.24, 2.45) is 0 Å². The Kier molecular flexibility index (Phi) is 5.27. The predicted octanol–water partition coefficient (Wildman–Crippen LogP) is 2.72. The van der Waals surface area contributed by atoms with Gasteiger partial charge in [-0.2, -0.15) is 0 Å². The molecular weight excluding hydrogens is 348 g/mol. The summed E-state index contributed by atoms with van der Waals surface area (Å²) in [5, 5.41) is 3.68. The van der Waals surface area contributed by atoms with Gasteiger partial charge in [-0.3, -0.25) is 14.2 Å². The third-order valence-electron chi connectivity index (χ3n) is 4.18. The van der Waals surface area contributed by atoms with E-state index in [1.54, 1.807) is 13.8 Å². The van der Waals surface area contributed by atoms with E-state index < -0.39 is 0 Å². The Morgan fingerprint density at radius 3 is 2.62 bits per heavy atom. The number of thiazole rings is 1. The van der Waals surface area contributed by atoms with E-state index in [2.05, 4.69) is 15.3 Å². The number of nitrogens with one attached hydrogen (secondary N) is 1. The smallest absolute Gasteiger partial charge is 0.263 e. The fraction of sp³-hybridized carbons (Fsp3) is 0.263. The molecule has 0 aliphatic heterocycles. The van der Waals surface area contributed by atoms with Crippen LogP contribution in [0.1, 0.15) is 26.6 Å². The summed E-state index contributed by atoms with van der Waals surface area (Å²) in [5.74, 6) is -0.174. The van der Waals surface area contributed by atoms with Crippen molar-refractivity contribution in [3.63, 3.8) is 0 Å². The number of hydrogen-bond donors (Lipinski definition) is 1. The summed E-state index contributed by atoms with van der Waals surface area (Å²) in [6, 6.07) is 9.78. The lowest BCUT2D eigenvalue weighted by molar-refractivity contribution is 0.0955. The van der Waals surface area contributed by atoms with Gasteiger partial charge in [-0.25, -0.2) is 9.97 Å². The maximum absolute atomic E-state index is 12.5. The van der Waals surface area contributed by atoms with Gasteiger partial charge < -0.3 is 5.32 Å². The molecular formula is C19H20N4O2S. The largest absolute Gasteiger partial charge is 0.349 e. The molecule has 0 radical (unpaired) electrons. The van der Waals surface area contributed by atoms with Crippen LogP contribution in [0.15, 0.2) is 41.5 Å². The highest BCUT2D eigenvalue weighted by molar-refractivity contribution is 7.17. The zero-order chi connectivity index (χ0) is 18.7. The summed E-state index contributed by atoms with van der Waals surface area (Å²) in [7, 11) is 0. The molecule has 3 aromatic rings. The van der Waals surface area contributed by atoms with Crippen LogP contribution in [-0.2, 0) is 6.54 Å². The van der Waals surface area contributed by atoms with Crippen molar-refractivity contribution in [1.29, 1.82) is 0 Å². The molecule has 0 fully saturated rings. The Hall–Kier alpha value is -2.80. The van der Waals surface area contributed by atoms with Gasteiger partial charge in [0.1, 0.15) is 9.88 Å². The quantitative estimate of drug-likeness (QED) is 0.751. The third kappa shape index (κ3) is 3.72. The molecule has 2 aromatic heterocycles. The Morgan fingerprint density at radius 1 is 1.15 bits per heavy atom. The van der Waals surface area contributed by atoms with Gasteiger partial charge in [-0.15, -0.1) is 11.3 Å². The molecule has 0 unspecified atom stereocenters. The number of benzene rings is 1. The van der Waals surface area contributed by atoms with E-state index in [4.69, 9.17) is 0 Å². The van der Waals surface area contributed by atoms with Gasteiger partial charge in [0, 0.05) is 29.9 Å². The predicted molar refractivity (Wildman–Crippen MR) is 103 cm³/mol. The van der Waals surface area contributed by atoms with Crippen molar-refractivity contribution in [1.82, 2.24) is 19.9 Å². The summed E-state index contributed by atoms with van der Waals surface area (Å²) in [5.41, 5.74) is 2.98.